The quantitative estimate of drug-likeness (QED) is 0.153. The van der Waals surface area contributed by atoms with Gasteiger partial charge in [0.2, 0.25) is 0 Å². The molecule has 0 heterocycles. The van der Waals surface area contributed by atoms with E-state index in [1.807, 2.05) is 0 Å². The third-order valence-corrected chi connectivity index (χ3v) is 4.59. The molecule has 0 atom stereocenters. The summed E-state index contributed by atoms with van der Waals surface area (Å²) in [4.78, 5) is 11.6. The molecule has 0 aromatic rings. The van der Waals surface area contributed by atoms with Crippen molar-refractivity contribution >= 4 is 5.97 Å². The third kappa shape index (κ3) is 22.5. The standard InChI is InChI=1S/C25H42O2/c1-3-5-7-9-11-12-13-14-15-16-18-20-22-24-27-25(26)23-21-19-17-10-8-6-4-2/h3-13,17,19-24H2,1-2H3. The van der Waals surface area contributed by atoms with Crippen molar-refractivity contribution in [3.8, 4) is 23.7 Å². The third-order valence-electron chi connectivity index (χ3n) is 4.59. The highest BCUT2D eigenvalue weighted by molar-refractivity contribution is 5.69. The molecule has 0 aromatic carbocycles. The largest absolute Gasteiger partial charge is 0.466 e. The molecule has 0 rings (SSSR count). The Balaban J connectivity index is 3.37. The molecule has 0 spiro atoms. The van der Waals surface area contributed by atoms with Crippen molar-refractivity contribution in [2.24, 2.45) is 0 Å². The van der Waals surface area contributed by atoms with Gasteiger partial charge >= 0.3 is 5.97 Å². The summed E-state index contributed by atoms with van der Waals surface area (Å²) >= 11 is 0. The number of carbonyl (C=O) groups is 1. The minimum Gasteiger partial charge on any atom is -0.466 e. The molecule has 0 saturated heterocycles. The highest BCUT2D eigenvalue weighted by Gasteiger charge is 2.01. The fourth-order valence-electron chi connectivity index (χ4n) is 2.85. The number of esters is 1. The van der Waals surface area contributed by atoms with E-state index in [2.05, 4.69) is 37.5 Å². The molecule has 2 heteroatoms. The van der Waals surface area contributed by atoms with Gasteiger partial charge in [0, 0.05) is 19.3 Å². The summed E-state index contributed by atoms with van der Waals surface area (Å²) in [6, 6.07) is 0. The number of unbranched alkanes of at least 4 members (excludes halogenated alkanes) is 13. The van der Waals surface area contributed by atoms with Crippen LogP contribution in [0.4, 0.5) is 0 Å². The second kappa shape index (κ2) is 22.6. The van der Waals surface area contributed by atoms with Crippen LogP contribution >= 0.6 is 0 Å². The first-order valence-electron chi connectivity index (χ1n) is 11.4. The van der Waals surface area contributed by atoms with Crippen LogP contribution in [0, 0.1) is 23.7 Å². The summed E-state index contributed by atoms with van der Waals surface area (Å²) in [5, 5.41) is 0. The molecule has 2 nitrogen and oxygen atoms in total. The Kier molecular flexibility index (Phi) is 21.4. The van der Waals surface area contributed by atoms with Crippen molar-refractivity contribution in [3.05, 3.63) is 0 Å². The lowest BCUT2D eigenvalue weighted by molar-refractivity contribution is -0.143. The molecule has 0 fully saturated rings. The first-order valence-corrected chi connectivity index (χ1v) is 11.4. The Labute approximate surface area is 169 Å². The maximum atomic E-state index is 11.6. The average Bonchev–Trinajstić information content (AvgIpc) is 2.67. The molecule has 0 aliphatic carbocycles. The van der Waals surface area contributed by atoms with Crippen LogP contribution in [-0.2, 0) is 9.53 Å². The molecule has 0 aliphatic heterocycles. The van der Waals surface area contributed by atoms with Gasteiger partial charge in [-0.25, -0.2) is 0 Å². The molecular weight excluding hydrogens is 332 g/mol. The van der Waals surface area contributed by atoms with Crippen LogP contribution in [0.2, 0.25) is 0 Å². The summed E-state index contributed by atoms with van der Waals surface area (Å²) in [6.45, 7) is 4.95. The molecule has 154 valence electrons. The van der Waals surface area contributed by atoms with Crippen LogP contribution in [0.5, 0.6) is 0 Å². The van der Waals surface area contributed by atoms with Crippen molar-refractivity contribution in [1.29, 1.82) is 0 Å². The van der Waals surface area contributed by atoms with Gasteiger partial charge in [0.05, 0.1) is 6.61 Å². The molecule has 0 unspecified atom stereocenters. The van der Waals surface area contributed by atoms with E-state index in [0.29, 0.717) is 13.0 Å². The van der Waals surface area contributed by atoms with Crippen molar-refractivity contribution in [2.75, 3.05) is 6.61 Å². The van der Waals surface area contributed by atoms with Gasteiger partial charge in [-0.15, -0.1) is 0 Å². The molecule has 0 aliphatic rings. The Morgan fingerprint density at radius 1 is 0.630 bits per heavy atom. The van der Waals surface area contributed by atoms with E-state index in [4.69, 9.17) is 4.74 Å². The minimum atomic E-state index is -0.0600. The lowest BCUT2D eigenvalue weighted by atomic mass is 10.1. The summed E-state index contributed by atoms with van der Waals surface area (Å²) in [5.74, 6) is 11.9. The Morgan fingerprint density at radius 3 is 1.70 bits per heavy atom. The summed E-state index contributed by atoms with van der Waals surface area (Å²) in [6.07, 6.45) is 19.4. The van der Waals surface area contributed by atoms with Gasteiger partial charge in [0.25, 0.3) is 0 Å². The van der Waals surface area contributed by atoms with E-state index in [1.54, 1.807) is 0 Å². The maximum absolute atomic E-state index is 11.6. The Hall–Kier alpha value is -1.41. The highest BCUT2D eigenvalue weighted by Crippen LogP contribution is 2.09. The van der Waals surface area contributed by atoms with Crippen molar-refractivity contribution < 1.29 is 9.53 Å². The van der Waals surface area contributed by atoms with Gasteiger partial charge in [0.1, 0.15) is 0 Å². The second-order valence-corrected chi connectivity index (χ2v) is 7.32. The summed E-state index contributed by atoms with van der Waals surface area (Å²) < 4.78 is 5.24. The number of rotatable bonds is 17. The summed E-state index contributed by atoms with van der Waals surface area (Å²) in [5.41, 5.74) is 0. The van der Waals surface area contributed by atoms with E-state index in [-0.39, 0.29) is 5.97 Å². The Bertz CT molecular complexity index is 444. The van der Waals surface area contributed by atoms with Crippen molar-refractivity contribution in [1.82, 2.24) is 0 Å². The molecule has 27 heavy (non-hydrogen) atoms. The summed E-state index contributed by atoms with van der Waals surface area (Å²) in [7, 11) is 0. The van der Waals surface area contributed by atoms with Crippen LogP contribution < -0.4 is 0 Å². The predicted molar refractivity (Wildman–Crippen MR) is 116 cm³/mol. The topological polar surface area (TPSA) is 26.3 Å². The molecule has 0 amide bonds. The molecule has 0 N–H and O–H groups in total. The lowest BCUT2D eigenvalue weighted by Crippen LogP contribution is -2.05. The van der Waals surface area contributed by atoms with Crippen LogP contribution in [0.3, 0.4) is 0 Å². The van der Waals surface area contributed by atoms with Gasteiger partial charge < -0.3 is 4.74 Å². The van der Waals surface area contributed by atoms with E-state index in [0.717, 1.165) is 32.1 Å². The zero-order chi connectivity index (χ0) is 19.8. The van der Waals surface area contributed by atoms with E-state index in [9.17, 15) is 4.79 Å². The van der Waals surface area contributed by atoms with E-state index in [1.165, 1.54) is 70.6 Å². The number of ether oxygens (including phenoxy) is 1. The van der Waals surface area contributed by atoms with Crippen molar-refractivity contribution in [2.45, 2.75) is 123 Å². The van der Waals surface area contributed by atoms with Crippen molar-refractivity contribution in [3.63, 3.8) is 0 Å². The number of hydrogen-bond donors (Lipinski definition) is 0. The van der Waals surface area contributed by atoms with Crippen LogP contribution in [0.15, 0.2) is 0 Å². The second-order valence-electron chi connectivity index (χ2n) is 7.32. The fourth-order valence-corrected chi connectivity index (χ4v) is 2.85. The zero-order valence-electron chi connectivity index (χ0n) is 18.0. The van der Waals surface area contributed by atoms with Gasteiger partial charge in [-0.05, 0) is 31.1 Å². The van der Waals surface area contributed by atoms with E-state index < -0.39 is 0 Å². The average molecular weight is 375 g/mol. The molecule has 0 bridgehead atoms. The highest BCUT2D eigenvalue weighted by atomic mass is 16.5. The first-order chi connectivity index (χ1) is 13.3. The minimum absolute atomic E-state index is 0.0600. The lowest BCUT2D eigenvalue weighted by Gasteiger charge is -2.03. The van der Waals surface area contributed by atoms with E-state index >= 15 is 0 Å². The fraction of sp³-hybridized carbons (Fsp3) is 0.800. The zero-order valence-corrected chi connectivity index (χ0v) is 18.0. The predicted octanol–water partition coefficient (Wildman–Crippen LogP) is 7.21. The monoisotopic (exact) mass is 374 g/mol. The van der Waals surface area contributed by atoms with Gasteiger partial charge in [-0.3, -0.25) is 4.79 Å². The van der Waals surface area contributed by atoms with Crippen LogP contribution in [-0.4, -0.2) is 12.6 Å². The number of carbonyl (C=O) groups excluding carboxylic acids is 1. The molecular formula is C25H42O2. The van der Waals surface area contributed by atoms with Gasteiger partial charge in [-0.2, -0.15) is 0 Å². The molecule has 0 saturated carbocycles. The van der Waals surface area contributed by atoms with Gasteiger partial charge in [0.15, 0.2) is 0 Å². The maximum Gasteiger partial charge on any atom is 0.305 e. The molecule has 0 radical (unpaired) electrons. The van der Waals surface area contributed by atoms with Gasteiger partial charge in [-0.1, -0.05) is 96.3 Å². The Morgan fingerprint density at radius 2 is 1.11 bits per heavy atom. The smallest absolute Gasteiger partial charge is 0.305 e. The molecule has 0 aromatic heterocycles. The normalized spacial score (nSPS) is 9.85. The van der Waals surface area contributed by atoms with Crippen LogP contribution in [0.25, 0.3) is 0 Å². The number of hydrogen-bond acceptors (Lipinski definition) is 2. The first kappa shape index (κ1) is 25.6. The van der Waals surface area contributed by atoms with Crippen LogP contribution in [0.1, 0.15) is 123 Å². The SMILES string of the molecule is CCCCCCCCC#CC#CCCCOC(=O)CCCCCCCCC.